The molecule has 0 spiro atoms. The van der Waals surface area contributed by atoms with Crippen molar-refractivity contribution >= 4 is 33.3 Å². The van der Waals surface area contributed by atoms with Gasteiger partial charge in [0.05, 0.1) is 10.2 Å². The summed E-state index contributed by atoms with van der Waals surface area (Å²) in [5.41, 5.74) is 1.06. The number of rotatable bonds is 2. The monoisotopic (exact) mass is 210 g/mol. The van der Waals surface area contributed by atoms with Gasteiger partial charge in [0.15, 0.2) is 0 Å². The Morgan fingerprint density at radius 3 is 3.00 bits per heavy atom. The van der Waals surface area contributed by atoms with Crippen LogP contribution in [0.4, 0.5) is 0 Å². The molecule has 2 nitrogen and oxygen atoms in total. The number of hydrogen-bond donors (Lipinski definition) is 0. The van der Waals surface area contributed by atoms with Gasteiger partial charge in [0, 0.05) is 5.25 Å². The highest BCUT2D eigenvalue weighted by Gasteiger charge is 2.06. The maximum Gasteiger partial charge on any atom is 0.118 e. The van der Waals surface area contributed by atoms with Crippen molar-refractivity contribution in [2.45, 2.75) is 24.1 Å². The van der Waals surface area contributed by atoms with Crippen LogP contribution >= 0.6 is 23.1 Å². The molecule has 13 heavy (non-hydrogen) atoms. The van der Waals surface area contributed by atoms with Crippen LogP contribution in [0.2, 0.25) is 0 Å². The Bertz CT molecular complexity index is 409. The Labute approximate surface area is 85.4 Å². The Balaban J connectivity index is 2.48. The van der Waals surface area contributed by atoms with E-state index in [1.165, 1.54) is 4.70 Å². The average molecular weight is 210 g/mol. The van der Waals surface area contributed by atoms with Crippen molar-refractivity contribution in [2.75, 3.05) is 0 Å². The molecule has 4 heteroatoms. The molecule has 0 radical (unpaired) electrons. The second kappa shape index (κ2) is 3.64. The zero-order valence-electron chi connectivity index (χ0n) is 7.52. The van der Waals surface area contributed by atoms with Crippen molar-refractivity contribution in [1.82, 2.24) is 9.97 Å². The fourth-order valence-electron chi connectivity index (χ4n) is 1.07. The van der Waals surface area contributed by atoms with Crippen molar-refractivity contribution in [2.24, 2.45) is 0 Å². The molecule has 2 aromatic heterocycles. The van der Waals surface area contributed by atoms with Gasteiger partial charge in [-0.25, -0.2) is 9.97 Å². The zero-order valence-corrected chi connectivity index (χ0v) is 9.15. The van der Waals surface area contributed by atoms with E-state index in [0.29, 0.717) is 5.25 Å². The number of fused-ring (bicyclic) bond motifs is 1. The summed E-state index contributed by atoms with van der Waals surface area (Å²) in [6.45, 7) is 4.35. The quantitative estimate of drug-likeness (QED) is 0.562. The minimum absolute atomic E-state index is 0.570. The van der Waals surface area contributed by atoms with Crippen molar-refractivity contribution in [3.8, 4) is 0 Å². The van der Waals surface area contributed by atoms with Gasteiger partial charge in [-0.2, -0.15) is 0 Å². The highest BCUT2D eigenvalue weighted by molar-refractivity contribution is 8.00. The highest BCUT2D eigenvalue weighted by Crippen LogP contribution is 2.30. The summed E-state index contributed by atoms with van der Waals surface area (Å²) in [7, 11) is 0. The van der Waals surface area contributed by atoms with Gasteiger partial charge in [0.1, 0.15) is 11.4 Å². The number of nitrogens with zero attached hydrogens (tertiary/aromatic N) is 2. The molecule has 68 valence electrons. The Morgan fingerprint density at radius 2 is 2.23 bits per heavy atom. The first-order valence-corrected chi connectivity index (χ1v) is 5.88. The molecule has 0 aliphatic carbocycles. The van der Waals surface area contributed by atoms with E-state index in [4.69, 9.17) is 0 Å². The predicted octanol–water partition coefficient (Wildman–Crippen LogP) is 3.19. The summed E-state index contributed by atoms with van der Waals surface area (Å²) in [6.07, 6.45) is 1.64. The van der Waals surface area contributed by atoms with Crippen LogP contribution in [0.15, 0.2) is 22.8 Å². The normalized spacial score (nSPS) is 11.3. The second-order valence-electron chi connectivity index (χ2n) is 2.98. The van der Waals surface area contributed by atoms with Crippen LogP contribution in [-0.2, 0) is 0 Å². The number of thioether (sulfide) groups is 1. The van der Waals surface area contributed by atoms with E-state index in [1.54, 1.807) is 29.4 Å². The van der Waals surface area contributed by atoms with E-state index in [-0.39, 0.29) is 0 Å². The topological polar surface area (TPSA) is 25.8 Å². The Kier molecular flexibility index (Phi) is 2.51. The van der Waals surface area contributed by atoms with Crippen LogP contribution in [0, 0.1) is 0 Å². The van der Waals surface area contributed by atoms with E-state index in [1.807, 2.05) is 6.07 Å². The van der Waals surface area contributed by atoms with E-state index in [9.17, 15) is 0 Å². The van der Waals surface area contributed by atoms with Gasteiger partial charge >= 0.3 is 0 Å². The minimum atomic E-state index is 0.570. The maximum absolute atomic E-state index is 4.28. The lowest BCUT2D eigenvalue weighted by molar-refractivity contribution is 1.07. The molecular weight excluding hydrogens is 200 g/mol. The van der Waals surface area contributed by atoms with Gasteiger partial charge in [-0.05, 0) is 11.4 Å². The van der Waals surface area contributed by atoms with Crippen molar-refractivity contribution in [3.63, 3.8) is 0 Å². The molecule has 0 saturated heterocycles. The standard InChI is InChI=1S/C9H10N2S2/c1-6(2)13-9-8-7(3-4-12-8)10-5-11-9/h3-6H,1-2H3. The third-order valence-corrected chi connectivity index (χ3v) is 3.60. The molecule has 0 amide bonds. The van der Waals surface area contributed by atoms with E-state index in [2.05, 4.69) is 29.2 Å². The van der Waals surface area contributed by atoms with Crippen LogP contribution in [0.25, 0.3) is 10.2 Å². The molecule has 0 aromatic carbocycles. The van der Waals surface area contributed by atoms with Gasteiger partial charge in [-0.3, -0.25) is 0 Å². The smallest absolute Gasteiger partial charge is 0.118 e. The maximum atomic E-state index is 4.28. The first-order chi connectivity index (χ1) is 6.27. The van der Waals surface area contributed by atoms with Gasteiger partial charge in [-0.15, -0.1) is 23.1 Å². The third-order valence-electron chi connectivity index (χ3n) is 1.56. The SMILES string of the molecule is CC(C)Sc1ncnc2ccsc12. The second-order valence-corrected chi connectivity index (χ2v) is 5.46. The van der Waals surface area contributed by atoms with Crippen molar-refractivity contribution in [3.05, 3.63) is 17.8 Å². The van der Waals surface area contributed by atoms with E-state index in [0.717, 1.165) is 10.5 Å². The molecule has 0 unspecified atom stereocenters. The number of aromatic nitrogens is 2. The van der Waals surface area contributed by atoms with Crippen LogP contribution in [0.5, 0.6) is 0 Å². The Hall–Kier alpha value is -0.610. The molecule has 0 bridgehead atoms. The molecule has 0 fully saturated rings. The molecule has 0 aliphatic rings. The molecule has 0 N–H and O–H groups in total. The largest absolute Gasteiger partial charge is 0.235 e. The predicted molar refractivity (Wildman–Crippen MR) is 58.4 cm³/mol. The van der Waals surface area contributed by atoms with Crippen LogP contribution < -0.4 is 0 Å². The summed E-state index contributed by atoms with van der Waals surface area (Å²) in [6, 6.07) is 2.03. The van der Waals surface area contributed by atoms with Gasteiger partial charge in [-0.1, -0.05) is 13.8 Å². The molecule has 2 rings (SSSR count). The van der Waals surface area contributed by atoms with Crippen molar-refractivity contribution < 1.29 is 0 Å². The van der Waals surface area contributed by atoms with E-state index >= 15 is 0 Å². The number of thiophene rings is 1. The third kappa shape index (κ3) is 1.84. The van der Waals surface area contributed by atoms with E-state index < -0.39 is 0 Å². The molecule has 2 aromatic rings. The number of hydrogen-bond acceptors (Lipinski definition) is 4. The fourth-order valence-corrected chi connectivity index (χ4v) is 2.86. The first kappa shape index (κ1) is 8.97. The van der Waals surface area contributed by atoms with Crippen molar-refractivity contribution in [1.29, 1.82) is 0 Å². The van der Waals surface area contributed by atoms with Crippen LogP contribution in [-0.4, -0.2) is 15.2 Å². The summed E-state index contributed by atoms with van der Waals surface area (Å²) in [5, 5.41) is 3.74. The zero-order chi connectivity index (χ0) is 9.26. The average Bonchev–Trinajstić information content (AvgIpc) is 2.51. The lowest BCUT2D eigenvalue weighted by Crippen LogP contribution is -1.89. The fraction of sp³-hybridized carbons (Fsp3) is 0.333. The molecule has 0 saturated carbocycles. The lowest BCUT2D eigenvalue weighted by Gasteiger charge is -2.03. The van der Waals surface area contributed by atoms with Crippen LogP contribution in [0.3, 0.4) is 0 Å². The van der Waals surface area contributed by atoms with Crippen LogP contribution in [0.1, 0.15) is 13.8 Å². The minimum Gasteiger partial charge on any atom is -0.235 e. The lowest BCUT2D eigenvalue weighted by atomic mass is 10.5. The Morgan fingerprint density at radius 1 is 1.38 bits per heavy atom. The first-order valence-electron chi connectivity index (χ1n) is 4.12. The summed E-state index contributed by atoms with van der Waals surface area (Å²) < 4.78 is 1.21. The molecule has 0 atom stereocenters. The molecule has 2 heterocycles. The highest BCUT2D eigenvalue weighted by atomic mass is 32.2. The van der Waals surface area contributed by atoms with Gasteiger partial charge < -0.3 is 0 Å². The summed E-state index contributed by atoms with van der Waals surface area (Å²) in [5.74, 6) is 0. The van der Waals surface area contributed by atoms with Gasteiger partial charge in [0.2, 0.25) is 0 Å². The summed E-state index contributed by atoms with van der Waals surface area (Å²) in [4.78, 5) is 8.48. The summed E-state index contributed by atoms with van der Waals surface area (Å²) >= 11 is 3.50. The van der Waals surface area contributed by atoms with Gasteiger partial charge in [0.25, 0.3) is 0 Å². The molecular formula is C9H10N2S2. The molecule has 0 aliphatic heterocycles.